The van der Waals surface area contributed by atoms with E-state index >= 15 is 0 Å². The van der Waals surface area contributed by atoms with Crippen LogP contribution in [0.2, 0.25) is 0 Å². The molecular weight excluding hydrogens is 745 g/mol. The van der Waals surface area contributed by atoms with Gasteiger partial charge >= 0.3 is 17.9 Å². The summed E-state index contributed by atoms with van der Waals surface area (Å²) in [7, 11) is 0. The van der Waals surface area contributed by atoms with Crippen molar-refractivity contribution in [1.82, 2.24) is 0 Å². The van der Waals surface area contributed by atoms with Crippen LogP contribution in [0, 0.1) is 0 Å². The Labute approximate surface area is 373 Å². The van der Waals surface area contributed by atoms with Crippen LogP contribution in [0.15, 0.2) is 12.2 Å². The summed E-state index contributed by atoms with van der Waals surface area (Å²) in [6.45, 7) is 6.66. The van der Waals surface area contributed by atoms with E-state index in [2.05, 4.69) is 32.9 Å². The molecule has 6 nitrogen and oxygen atoms in total. The zero-order valence-corrected chi connectivity index (χ0v) is 40.5. The van der Waals surface area contributed by atoms with Crippen molar-refractivity contribution in [2.75, 3.05) is 13.2 Å². The predicted octanol–water partition coefficient (Wildman–Crippen LogP) is 17.4. The third kappa shape index (κ3) is 47.2. The summed E-state index contributed by atoms with van der Waals surface area (Å²) in [6.07, 6.45) is 54.7. The average Bonchev–Trinajstić information content (AvgIpc) is 3.24. The minimum Gasteiger partial charge on any atom is -0.462 e. The van der Waals surface area contributed by atoms with Crippen LogP contribution in [0.5, 0.6) is 0 Å². The standard InChI is InChI=1S/C54H102O6/c1-4-7-10-13-16-19-22-25-27-30-32-35-38-41-44-47-53(56)59-50-51(49-58-52(55)46-43-40-37-34-31-28-24-21-18-15-12-9-6-3)60-54(57)48-45-42-39-36-33-29-26-23-20-17-14-11-8-5-2/h23,26,51H,4-22,24-25,27-50H2,1-3H3/b26-23-/t51-/m0/s1. The number of hydrogen-bond acceptors (Lipinski definition) is 6. The van der Waals surface area contributed by atoms with Crippen LogP contribution in [-0.2, 0) is 28.6 Å². The zero-order valence-electron chi connectivity index (χ0n) is 40.5. The minimum atomic E-state index is -0.767. The lowest BCUT2D eigenvalue weighted by Crippen LogP contribution is -2.30. The number of carbonyl (C=O) groups is 3. The fraction of sp³-hybridized carbons (Fsp3) is 0.907. The maximum absolute atomic E-state index is 12.8. The summed E-state index contributed by atoms with van der Waals surface area (Å²) >= 11 is 0. The van der Waals surface area contributed by atoms with Gasteiger partial charge in [-0.25, -0.2) is 0 Å². The fourth-order valence-corrected chi connectivity index (χ4v) is 7.97. The normalized spacial score (nSPS) is 12.0. The molecule has 0 unspecified atom stereocenters. The molecule has 0 heterocycles. The van der Waals surface area contributed by atoms with Gasteiger partial charge in [-0.15, -0.1) is 0 Å². The number of esters is 3. The molecule has 0 amide bonds. The zero-order chi connectivity index (χ0) is 43.7. The first-order valence-corrected chi connectivity index (χ1v) is 26.7. The Bertz CT molecular complexity index is 931. The van der Waals surface area contributed by atoms with Crippen LogP contribution in [-0.4, -0.2) is 37.2 Å². The number of rotatable bonds is 49. The molecule has 0 bridgehead atoms. The highest BCUT2D eigenvalue weighted by molar-refractivity contribution is 5.71. The SMILES string of the molecule is CCCCCCC/C=C\CCCCCCCC(=O)O[C@@H](COC(=O)CCCCCCCCCCCCCCC)COC(=O)CCCCCCCCCCCCCCCCC. The van der Waals surface area contributed by atoms with Crippen molar-refractivity contribution >= 4 is 17.9 Å². The molecule has 0 aliphatic heterocycles. The maximum atomic E-state index is 12.8. The first-order chi connectivity index (χ1) is 29.5. The Morgan fingerprint density at radius 3 is 0.833 bits per heavy atom. The highest BCUT2D eigenvalue weighted by Gasteiger charge is 2.19. The molecule has 1 atom stereocenters. The van der Waals surface area contributed by atoms with Gasteiger partial charge in [0.25, 0.3) is 0 Å². The van der Waals surface area contributed by atoms with Crippen LogP contribution in [0.25, 0.3) is 0 Å². The molecular formula is C54H102O6. The van der Waals surface area contributed by atoms with Gasteiger partial charge in [0.1, 0.15) is 13.2 Å². The summed E-state index contributed by atoms with van der Waals surface area (Å²) in [6, 6.07) is 0. The quantitative estimate of drug-likeness (QED) is 0.0263. The van der Waals surface area contributed by atoms with Crippen molar-refractivity contribution in [3.05, 3.63) is 12.2 Å². The second-order valence-electron chi connectivity index (χ2n) is 18.2. The van der Waals surface area contributed by atoms with Gasteiger partial charge in [-0.2, -0.15) is 0 Å². The van der Waals surface area contributed by atoms with Gasteiger partial charge < -0.3 is 14.2 Å². The molecule has 0 radical (unpaired) electrons. The Kier molecular flexibility index (Phi) is 48.3. The van der Waals surface area contributed by atoms with E-state index in [-0.39, 0.29) is 31.1 Å². The summed E-state index contributed by atoms with van der Waals surface area (Å²) in [5.41, 5.74) is 0. The van der Waals surface area contributed by atoms with Gasteiger partial charge in [-0.1, -0.05) is 245 Å². The largest absolute Gasteiger partial charge is 0.462 e. The second kappa shape index (κ2) is 49.8. The molecule has 60 heavy (non-hydrogen) atoms. The molecule has 0 fully saturated rings. The van der Waals surface area contributed by atoms with E-state index in [1.54, 1.807) is 0 Å². The van der Waals surface area contributed by atoms with Crippen molar-refractivity contribution < 1.29 is 28.6 Å². The van der Waals surface area contributed by atoms with Crippen molar-refractivity contribution in [1.29, 1.82) is 0 Å². The van der Waals surface area contributed by atoms with Crippen molar-refractivity contribution in [3.63, 3.8) is 0 Å². The van der Waals surface area contributed by atoms with Gasteiger partial charge in [0.05, 0.1) is 0 Å². The number of allylic oxidation sites excluding steroid dienone is 2. The van der Waals surface area contributed by atoms with E-state index in [9.17, 15) is 14.4 Å². The van der Waals surface area contributed by atoms with Crippen LogP contribution in [0.4, 0.5) is 0 Å². The predicted molar refractivity (Wildman–Crippen MR) is 256 cm³/mol. The summed E-state index contributed by atoms with van der Waals surface area (Å²) < 4.78 is 16.8. The van der Waals surface area contributed by atoms with Gasteiger partial charge in [0.15, 0.2) is 6.10 Å². The lowest BCUT2D eigenvalue weighted by Gasteiger charge is -2.18. The lowest BCUT2D eigenvalue weighted by molar-refractivity contribution is -0.167. The third-order valence-electron chi connectivity index (χ3n) is 12.0. The molecule has 0 aromatic heterocycles. The number of ether oxygens (including phenoxy) is 3. The van der Waals surface area contributed by atoms with E-state index in [0.29, 0.717) is 19.3 Å². The summed E-state index contributed by atoms with van der Waals surface area (Å²) in [4.78, 5) is 38.0. The maximum Gasteiger partial charge on any atom is 0.306 e. The first kappa shape index (κ1) is 58.1. The molecule has 0 aromatic rings. The Morgan fingerprint density at radius 2 is 0.550 bits per heavy atom. The third-order valence-corrected chi connectivity index (χ3v) is 12.0. The lowest BCUT2D eigenvalue weighted by atomic mass is 10.0. The number of carbonyl (C=O) groups excluding carboxylic acids is 3. The first-order valence-electron chi connectivity index (χ1n) is 26.7. The topological polar surface area (TPSA) is 78.9 Å². The van der Waals surface area contributed by atoms with E-state index in [1.165, 1.54) is 193 Å². The Balaban J connectivity index is 4.33. The average molecular weight is 847 g/mol. The van der Waals surface area contributed by atoms with Crippen molar-refractivity contribution in [2.24, 2.45) is 0 Å². The molecule has 6 heteroatoms. The second-order valence-corrected chi connectivity index (χ2v) is 18.2. The minimum absolute atomic E-state index is 0.0679. The highest BCUT2D eigenvalue weighted by atomic mass is 16.6. The molecule has 0 N–H and O–H groups in total. The molecule has 0 aliphatic carbocycles. The van der Waals surface area contributed by atoms with E-state index in [0.717, 1.165) is 64.2 Å². The van der Waals surface area contributed by atoms with E-state index in [1.807, 2.05) is 0 Å². The van der Waals surface area contributed by atoms with Crippen LogP contribution >= 0.6 is 0 Å². The van der Waals surface area contributed by atoms with Crippen LogP contribution in [0.3, 0.4) is 0 Å². The van der Waals surface area contributed by atoms with Crippen LogP contribution < -0.4 is 0 Å². The molecule has 0 saturated heterocycles. The molecule has 0 spiro atoms. The van der Waals surface area contributed by atoms with Crippen molar-refractivity contribution in [2.45, 2.75) is 303 Å². The molecule has 0 rings (SSSR count). The molecule has 0 aromatic carbocycles. The van der Waals surface area contributed by atoms with Gasteiger partial charge in [-0.3, -0.25) is 14.4 Å². The van der Waals surface area contributed by atoms with Gasteiger partial charge in [-0.05, 0) is 44.9 Å². The molecule has 0 aliphatic rings. The van der Waals surface area contributed by atoms with E-state index in [4.69, 9.17) is 14.2 Å². The Morgan fingerprint density at radius 1 is 0.317 bits per heavy atom. The van der Waals surface area contributed by atoms with E-state index < -0.39 is 6.10 Å². The smallest absolute Gasteiger partial charge is 0.306 e. The fourth-order valence-electron chi connectivity index (χ4n) is 7.97. The summed E-state index contributed by atoms with van der Waals surface area (Å²) in [5, 5.41) is 0. The van der Waals surface area contributed by atoms with Crippen LogP contribution in [0.1, 0.15) is 297 Å². The summed E-state index contributed by atoms with van der Waals surface area (Å²) in [5.74, 6) is -0.858. The number of unbranched alkanes of at least 4 members (excludes halogenated alkanes) is 36. The number of hydrogen-bond donors (Lipinski definition) is 0. The molecule has 354 valence electrons. The van der Waals surface area contributed by atoms with Gasteiger partial charge in [0.2, 0.25) is 0 Å². The van der Waals surface area contributed by atoms with Crippen molar-refractivity contribution in [3.8, 4) is 0 Å². The Hall–Kier alpha value is -1.85. The molecule has 0 saturated carbocycles. The highest BCUT2D eigenvalue weighted by Crippen LogP contribution is 2.16. The monoisotopic (exact) mass is 847 g/mol. The van der Waals surface area contributed by atoms with Gasteiger partial charge in [0, 0.05) is 19.3 Å².